The lowest BCUT2D eigenvalue weighted by molar-refractivity contribution is 0.434. The van der Waals surface area contributed by atoms with Crippen LogP contribution in [0.25, 0.3) is 16.9 Å². The second kappa shape index (κ2) is 8.85. The van der Waals surface area contributed by atoms with Crippen molar-refractivity contribution in [1.29, 1.82) is 0 Å². The van der Waals surface area contributed by atoms with Crippen LogP contribution < -0.4 is 0 Å². The summed E-state index contributed by atoms with van der Waals surface area (Å²) in [4.78, 5) is 10.2. The van der Waals surface area contributed by atoms with E-state index in [9.17, 15) is 5.11 Å². The van der Waals surface area contributed by atoms with Crippen molar-refractivity contribution in [3.63, 3.8) is 0 Å². The number of hydrogen-bond acceptors (Lipinski definition) is 5. The minimum Gasteiger partial charge on any atom is -0.493 e. The van der Waals surface area contributed by atoms with Gasteiger partial charge in [0.2, 0.25) is 5.88 Å². The van der Waals surface area contributed by atoms with Crippen LogP contribution >= 0.6 is 11.8 Å². The van der Waals surface area contributed by atoms with Gasteiger partial charge in [0.05, 0.1) is 5.69 Å². The smallest absolute Gasteiger partial charge is 0.255 e. The van der Waals surface area contributed by atoms with E-state index in [1.165, 1.54) is 21.2 Å². The second-order valence-electron chi connectivity index (χ2n) is 7.69. The molecule has 0 saturated heterocycles. The fraction of sp³-hybridized carbons (Fsp3) is 0.115. The average Bonchev–Trinajstić information content (AvgIpc) is 3.22. The summed E-state index contributed by atoms with van der Waals surface area (Å²) >= 11 is 1.68. The summed E-state index contributed by atoms with van der Waals surface area (Å²) < 4.78 is 1.39. The van der Waals surface area contributed by atoms with Gasteiger partial charge in [0.15, 0.2) is 5.82 Å². The summed E-state index contributed by atoms with van der Waals surface area (Å²) in [5, 5.41) is 14.8. The van der Waals surface area contributed by atoms with Crippen LogP contribution in [0.2, 0.25) is 0 Å². The molecule has 1 N–H and O–H groups in total. The Morgan fingerprint density at radius 1 is 0.844 bits per heavy atom. The molecular weight excluding hydrogens is 416 g/mol. The number of thioether (sulfide) groups is 1. The van der Waals surface area contributed by atoms with Gasteiger partial charge in [-0.25, -0.2) is 4.98 Å². The van der Waals surface area contributed by atoms with E-state index in [-0.39, 0.29) is 5.88 Å². The Morgan fingerprint density at radius 2 is 1.53 bits per heavy atom. The molecule has 2 heterocycles. The molecule has 0 fully saturated rings. The maximum Gasteiger partial charge on any atom is 0.255 e. The van der Waals surface area contributed by atoms with E-state index in [0.29, 0.717) is 23.8 Å². The summed E-state index contributed by atoms with van der Waals surface area (Å²) in [6, 6.07) is 28.7. The molecule has 0 radical (unpaired) electrons. The van der Waals surface area contributed by atoms with Crippen LogP contribution in [0.1, 0.15) is 22.6 Å². The third kappa shape index (κ3) is 4.50. The van der Waals surface area contributed by atoms with E-state index < -0.39 is 0 Å². The average molecular weight is 439 g/mol. The largest absolute Gasteiger partial charge is 0.493 e. The van der Waals surface area contributed by atoms with Gasteiger partial charge in [-0.1, -0.05) is 72.3 Å². The number of fused-ring (bicyclic) bond motifs is 1. The molecule has 5 rings (SSSR count). The van der Waals surface area contributed by atoms with Crippen LogP contribution in [0.3, 0.4) is 0 Å². The lowest BCUT2D eigenvalue weighted by atomic mass is 10.0. The Balaban J connectivity index is 1.29. The Bertz CT molecular complexity index is 1350. The Morgan fingerprint density at radius 3 is 2.25 bits per heavy atom. The molecule has 0 aliphatic carbocycles. The van der Waals surface area contributed by atoms with Crippen LogP contribution in [0, 0.1) is 6.92 Å². The first-order chi connectivity index (χ1) is 15.6. The van der Waals surface area contributed by atoms with Gasteiger partial charge in [0.1, 0.15) is 0 Å². The summed E-state index contributed by atoms with van der Waals surface area (Å²) in [6.45, 7) is 2.09. The van der Waals surface area contributed by atoms with Gasteiger partial charge >= 0.3 is 0 Å². The lowest BCUT2D eigenvalue weighted by Gasteiger charge is -2.06. The molecule has 5 nitrogen and oxygen atoms in total. The highest BCUT2D eigenvalue weighted by Gasteiger charge is 2.11. The van der Waals surface area contributed by atoms with Gasteiger partial charge < -0.3 is 5.11 Å². The molecule has 158 valence electrons. The van der Waals surface area contributed by atoms with Crippen LogP contribution in [-0.4, -0.2) is 24.7 Å². The third-order valence-corrected chi connectivity index (χ3v) is 6.27. The molecule has 0 spiro atoms. The van der Waals surface area contributed by atoms with Crippen molar-refractivity contribution < 1.29 is 5.11 Å². The van der Waals surface area contributed by atoms with Crippen molar-refractivity contribution in [2.45, 2.75) is 24.0 Å². The molecule has 5 aromatic rings. The van der Waals surface area contributed by atoms with E-state index in [4.69, 9.17) is 0 Å². The molecule has 2 aromatic heterocycles. The number of aryl methyl sites for hydroxylation is 1. The minimum atomic E-state index is 0.0483. The number of hydrogen-bond donors (Lipinski definition) is 1. The number of nitrogens with zero attached hydrogens (tertiary/aromatic N) is 4. The minimum absolute atomic E-state index is 0.0483. The molecule has 32 heavy (non-hydrogen) atoms. The predicted octanol–water partition coefficient (Wildman–Crippen LogP) is 5.69. The number of aromatic hydroxyl groups is 1. The molecule has 0 amide bonds. The number of aromatic nitrogens is 4. The van der Waals surface area contributed by atoms with Crippen molar-refractivity contribution >= 4 is 17.5 Å². The summed E-state index contributed by atoms with van der Waals surface area (Å²) in [6.07, 6.45) is 0.598. The SMILES string of the molecule is Cc1ccc(-c2ccc(SCc3cc(O)n4nc(Cc5ccccc5)nc4n3)cc2)cc1. The van der Waals surface area contributed by atoms with Crippen LogP contribution in [0.5, 0.6) is 5.88 Å². The zero-order chi connectivity index (χ0) is 21.9. The van der Waals surface area contributed by atoms with Crippen molar-refractivity contribution in [1.82, 2.24) is 19.6 Å². The molecule has 0 unspecified atom stereocenters. The number of rotatable bonds is 6. The maximum atomic E-state index is 10.4. The fourth-order valence-electron chi connectivity index (χ4n) is 3.52. The first-order valence-electron chi connectivity index (χ1n) is 10.4. The standard InChI is InChI=1S/C26H22N4OS/c1-18-7-9-20(10-8-18)21-11-13-23(14-12-21)32-17-22-16-25(31)30-26(27-22)28-24(29-30)15-19-5-3-2-4-6-19/h2-14,16,31H,15,17H2,1H3. The van der Waals surface area contributed by atoms with Crippen LogP contribution in [-0.2, 0) is 12.2 Å². The highest BCUT2D eigenvalue weighted by Crippen LogP contribution is 2.27. The zero-order valence-electron chi connectivity index (χ0n) is 17.6. The summed E-state index contributed by atoms with van der Waals surface area (Å²) in [5.41, 5.74) is 5.55. The summed E-state index contributed by atoms with van der Waals surface area (Å²) in [5.74, 6) is 1.73. The molecule has 3 aromatic carbocycles. The normalized spacial score (nSPS) is 11.2. The van der Waals surface area contributed by atoms with E-state index >= 15 is 0 Å². The lowest BCUT2D eigenvalue weighted by Crippen LogP contribution is -1.96. The third-order valence-electron chi connectivity index (χ3n) is 5.22. The molecule has 0 atom stereocenters. The van der Waals surface area contributed by atoms with Gasteiger partial charge in [0, 0.05) is 23.1 Å². The van der Waals surface area contributed by atoms with Gasteiger partial charge in [0.25, 0.3) is 5.78 Å². The molecular formula is C26H22N4OS. The Labute approximate surface area is 190 Å². The van der Waals surface area contributed by atoms with Crippen LogP contribution in [0.4, 0.5) is 0 Å². The summed E-state index contributed by atoms with van der Waals surface area (Å²) in [7, 11) is 0. The predicted molar refractivity (Wildman–Crippen MR) is 128 cm³/mol. The van der Waals surface area contributed by atoms with Crippen molar-refractivity contribution in [2.24, 2.45) is 0 Å². The number of benzene rings is 3. The highest BCUT2D eigenvalue weighted by atomic mass is 32.2. The highest BCUT2D eigenvalue weighted by molar-refractivity contribution is 7.98. The molecule has 0 aliphatic heterocycles. The second-order valence-corrected chi connectivity index (χ2v) is 8.74. The quantitative estimate of drug-likeness (QED) is 0.345. The Hall–Kier alpha value is -3.64. The fourth-order valence-corrected chi connectivity index (χ4v) is 4.31. The van der Waals surface area contributed by atoms with Crippen molar-refractivity contribution in [3.05, 3.63) is 108 Å². The first kappa shape index (κ1) is 20.3. The Kier molecular flexibility index (Phi) is 5.60. The van der Waals surface area contributed by atoms with E-state index in [1.807, 2.05) is 30.3 Å². The molecule has 6 heteroatoms. The van der Waals surface area contributed by atoms with Gasteiger partial charge in [-0.3, -0.25) is 0 Å². The molecule has 0 bridgehead atoms. The molecule has 0 aliphatic rings. The topological polar surface area (TPSA) is 63.3 Å². The van der Waals surface area contributed by atoms with Gasteiger partial charge in [-0.05, 0) is 35.7 Å². The zero-order valence-corrected chi connectivity index (χ0v) is 18.5. The monoisotopic (exact) mass is 438 g/mol. The maximum absolute atomic E-state index is 10.4. The first-order valence-corrected chi connectivity index (χ1v) is 11.4. The van der Waals surface area contributed by atoms with Crippen LogP contribution in [0.15, 0.2) is 89.8 Å². The van der Waals surface area contributed by atoms with E-state index in [1.54, 1.807) is 17.8 Å². The van der Waals surface area contributed by atoms with Crippen molar-refractivity contribution in [2.75, 3.05) is 0 Å². The van der Waals surface area contributed by atoms with Gasteiger partial charge in [-0.2, -0.15) is 9.50 Å². The van der Waals surface area contributed by atoms with Gasteiger partial charge in [-0.15, -0.1) is 16.9 Å². The van der Waals surface area contributed by atoms with E-state index in [0.717, 1.165) is 16.2 Å². The molecule has 0 saturated carbocycles. The van der Waals surface area contributed by atoms with Crippen molar-refractivity contribution in [3.8, 4) is 17.0 Å². The van der Waals surface area contributed by atoms with E-state index in [2.05, 4.69) is 70.5 Å².